The molecule has 0 saturated heterocycles. The van der Waals surface area contributed by atoms with E-state index in [9.17, 15) is 4.79 Å². The quantitative estimate of drug-likeness (QED) is 0.468. The zero-order valence-electron chi connectivity index (χ0n) is 8.59. The first-order valence-corrected chi connectivity index (χ1v) is 4.44. The third-order valence-corrected chi connectivity index (χ3v) is 1.50. The summed E-state index contributed by atoms with van der Waals surface area (Å²) in [5, 5.41) is 0. The molecule has 0 radical (unpaired) electrons. The maximum Gasteiger partial charge on any atom is 0.320 e. The van der Waals surface area contributed by atoms with Crippen LogP contribution in [-0.4, -0.2) is 37.6 Å². The molecule has 0 atom stereocenters. The molecular weight excluding hydrogens is 166 g/mol. The molecule has 0 spiro atoms. The summed E-state index contributed by atoms with van der Waals surface area (Å²) in [7, 11) is 1.88. The van der Waals surface area contributed by atoms with Gasteiger partial charge in [-0.25, -0.2) is 0 Å². The van der Waals surface area contributed by atoms with Crippen molar-refractivity contribution in [3.63, 3.8) is 0 Å². The highest BCUT2D eigenvalue weighted by Gasteiger charge is 2.05. The fraction of sp³-hybridized carbons (Fsp3) is 0.700. The van der Waals surface area contributed by atoms with Crippen LogP contribution in [0.1, 0.15) is 20.3 Å². The van der Waals surface area contributed by atoms with Gasteiger partial charge >= 0.3 is 5.97 Å². The van der Waals surface area contributed by atoms with E-state index in [0.29, 0.717) is 13.2 Å². The van der Waals surface area contributed by atoms with Crippen LogP contribution in [-0.2, 0) is 9.53 Å². The van der Waals surface area contributed by atoms with Gasteiger partial charge in [0.05, 0.1) is 13.2 Å². The van der Waals surface area contributed by atoms with Crippen molar-refractivity contribution in [2.45, 2.75) is 20.3 Å². The Kier molecular flexibility index (Phi) is 7.04. The lowest BCUT2D eigenvalue weighted by Gasteiger charge is -2.13. The van der Waals surface area contributed by atoms with Gasteiger partial charge in [-0.05, 0) is 20.9 Å². The number of likely N-dealkylation sites (N-methyl/N-ethyl adjacent to an activating group) is 1. The minimum Gasteiger partial charge on any atom is -0.465 e. The van der Waals surface area contributed by atoms with E-state index in [4.69, 9.17) is 4.74 Å². The van der Waals surface area contributed by atoms with Crippen LogP contribution in [0.5, 0.6) is 0 Å². The first-order chi connectivity index (χ1) is 6.20. The molecule has 0 heterocycles. The molecule has 3 nitrogen and oxygen atoms in total. The van der Waals surface area contributed by atoms with Crippen molar-refractivity contribution in [2.75, 3.05) is 26.7 Å². The molecule has 0 amide bonds. The van der Waals surface area contributed by atoms with E-state index in [1.165, 1.54) is 0 Å². The normalized spacial score (nSPS) is 9.23. The predicted molar refractivity (Wildman–Crippen MR) is 52.2 cm³/mol. The summed E-state index contributed by atoms with van der Waals surface area (Å²) in [5.74, 6) is 5.58. The number of nitrogens with zero attached hydrogens (tertiary/aromatic N) is 1. The summed E-state index contributed by atoms with van der Waals surface area (Å²) >= 11 is 0. The van der Waals surface area contributed by atoms with Gasteiger partial charge in [-0.15, -0.1) is 11.8 Å². The van der Waals surface area contributed by atoms with Gasteiger partial charge in [-0.1, -0.05) is 0 Å². The van der Waals surface area contributed by atoms with Crippen molar-refractivity contribution < 1.29 is 9.53 Å². The van der Waals surface area contributed by atoms with Crippen LogP contribution in [0, 0.1) is 11.8 Å². The molecule has 0 aliphatic rings. The van der Waals surface area contributed by atoms with Crippen LogP contribution in [0.3, 0.4) is 0 Å². The lowest BCUT2D eigenvalue weighted by molar-refractivity contribution is -0.144. The summed E-state index contributed by atoms with van der Waals surface area (Å²) in [6, 6.07) is 0. The van der Waals surface area contributed by atoms with E-state index < -0.39 is 0 Å². The SMILES string of the molecule is CC#CCCN(C)CC(=O)OCC. The molecule has 13 heavy (non-hydrogen) atoms. The van der Waals surface area contributed by atoms with Gasteiger partial charge < -0.3 is 4.74 Å². The summed E-state index contributed by atoms with van der Waals surface area (Å²) < 4.78 is 4.80. The van der Waals surface area contributed by atoms with Gasteiger partial charge in [-0.3, -0.25) is 9.69 Å². The van der Waals surface area contributed by atoms with Gasteiger partial charge in [0.2, 0.25) is 0 Å². The molecule has 0 N–H and O–H groups in total. The molecular formula is C10H17NO2. The second-order valence-corrected chi connectivity index (χ2v) is 2.72. The number of hydrogen-bond donors (Lipinski definition) is 0. The Hall–Kier alpha value is -1.01. The van der Waals surface area contributed by atoms with Crippen LogP contribution in [0.4, 0.5) is 0 Å². The highest BCUT2D eigenvalue weighted by atomic mass is 16.5. The summed E-state index contributed by atoms with van der Waals surface area (Å²) in [5.41, 5.74) is 0. The Balaban J connectivity index is 3.53. The van der Waals surface area contributed by atoms with E-state index in [0.717, 1.165) is 13.0 Å². The van der Waals surface area contributed by atoms with E-state index in [1.807, 2.05) is 18.9 Å². The summed E-state index contributed by atoms with van der Waals surface area (Å²) in [6.07, 6.45) is 0.798. The monoisotopic (exact) mass is 183 g/mol. The van der Waals surface area contributed by atoms with Crippen LogP contribution in [0.2, 0.25) is 0 Å². The molecule has 0 aromatic carbocycles. The molecule has 0 aromatic heterocycles. The van der Waals surface area contributed by atoms with E-state index >= 15 is 0 Å². The molecule has 3 heteroatoms. The van der Waals surface area contributed by atoms with Crippen LogP contribution >= 0.6 is 0 Å². The largest absolute Gasteiger partial charge is 0.465 e. The number of rotatable bonds is 5. The average Bonchev–Trinajstić information content (AvgIpc) is 2.05. The highest BCUT2D eigenvalue weighted by Crippen LogP contribution is 1.88. The zero-order chi connectivity index (χ0) is 10.1. The van der Waals surface area contributed by atoms with Crippen molar-refractivity contribution in [3.05, 3.63) is 0 Å². The second kappa shape index (κ2) is 7.63. The molecule has 0 aliphatic heterocycles. The third kappa shape index (κ3) is 7.35. The smallest absolute Gasteiger partial charge is 0.320 e. The van der Waals surface area contributed by atoms with E-state index in [1.54, 1.807) is 6.92 Å². The minimum absolute atomic E-state index is 0.172. The molecule has 0 aliphatic carbocycles. The fourth-order valence-electron chi connectivity index (χ4n) is 0.878. The topological polar surface area (TPSA) is 29.5 Å². The molecule has 0 fully saturated rings. The first kappa shape index (κ1) is 12.0. The van der Waals surface area contributed by atoms with Crippen molar-refractivity contribution >= 4 is 5.97 Å². The van der Waals surface area contributed by atoms with Crippen LogP contribution in [0.15, 0.2) is 0 Å². The van der Waals surface area contributed by atoms with Gasteiger partial charge in [-0.2, -0.15) is 0 Å². The molecule has 74 valence electrons. The number of carbonyl (C=O) groups is 1. The Morgan fingerprint density at radius 3 is 2.77 bits per heavy atom. The number of ether oxygens (including phenoxy) is 1. The van der Waals surface area contributed by atoms with E-state index in [-0.39, 0.29) is 5.97 Å². The highest BCUT2D eigenvalue weighted by molar-refractivity contribution is 5.71. The molecule has 0 saturated carbocycles. The van der Waals surface area contributed by atoms with Crippen molar-refractivity contribution in [2.24, 2.45) is 0 Å². The van der Waals surface area contributed by atoms with Crippen LogP contribution in [0.25, 0.3) is 0 Å². The lowest BCUT2D eigenvalue weighted by Crippen LogP contribution is -2.28. The van der Waals surface area contributed by atoms with Gasteiger partial charge in [0, 0.05) is 13.0 Å². The average molecular weight is 183 g/mol. The van der Waals surface area contributed by atoms with Gasteiger partial charge in [0.25, 0.3) is 0 Å². The third-order valence-electron chi connectivity index (χ3n) is 1.50. The Morgan fingerprint density at radius 2 is 2.23 bits per heavy atom. The van der Waals surface area contributed by atoms with Crippen molar-refractivity contribution in [1.29, 1.82) is 0 Å². The first-order valence-electron chi connectivity index (χ1n) is 4.44. The number of hydrogen-bond acceptors (Lipinski definition) is 3. The standard InChI is InChI=1S/C10H17NO2/c1-4-6-7-8-11(3)9-10(12)13-5-2/h5,7-9H2,1-3H3. The fourth-order valence-corrected chi connectivity index (χ4v) is 0.878. The van der Waals surface area contributed by atoms with Crippen molar-refractivity contribution in [1.82, 2.24) is 4.90 Å². The molecule has 0 bridgehead atoms. The summed E-state index contributed by atoms with van der Waals surface area (Å²) in [6.45, 7) is 5.21. The zero-order valence-corrected chi connectivity index (χ0v) is 8.59. The Morgan fingerprint density at radius 1 is 1.54 bits per heavy atom. The minimum atomic E-state index is -0.172. The number of esters is 1. The van der Waals surface area contributed by atoms with Crippen molar-refractivity contribution in [3.8, 4) is 11.8 Å². The summed E-state index contributed by atoms with van der Waals surface area (Å²) in [4.78, 5) is 12.9. The predicted octanol–water partition coefficient (Wildman–Crippen LogP) is 0.895. The van der Waals surface area contributed by atoms with Gasteiger partial charge in [0.15, 0.2) is 0 Å². The maximum absolute atomic E-state index is 11.0. The number of carbonyl (C=O) groups excluding carboxylic acids is 1. The molecule has 0 unspecified atom stereocenters. The molecule has 0 aromatic rings. The maximum atomic E-state index is 11.0. The Labute approximate surface area is 80.1 Å². The second-order valence-electron chi connectivity index (χ2n) is 2.72. The van der Waals surface area contributed by atoms with Gasteiger partial charge in [0.1, 0.15) is 0 Å². The van der Waals surface area contributed by atoms with E-state index in [2.05, 4.69) is 11.8 Å². The molecule has 0 rings (SSSR count). The van der Waals surface area contributed by atoms with Crippen LogP contribution < -0.4 is 0 Å². The Bertz CT molecular complexity index is 203. The lowest BCUT2D eigenvalue weighted by atomic mass is 10.4.